The maximum atomic E-state index is 11.7. The van der Waals surface area contributed by atoms with E-state index in [4.69, 9.17) is 10.2 Å². The van der Waals surface area contributed by atoms with Crippen LogP contribution in [0, 0.1) is 0 Å². The molecule has 1 unspecified atom stereocenters. The second kappa shape index (κ2) is 4.84. The molecule has 0 aliphatic carbocycles. The van der Waals surface area contributed by atoms with Crippen molar-refractivity contribution in [2.24, 2.45) is 12.8 Å². The predicted octanol–water partition coefficient (Wildman–Crippen LogP) is 0.329. The topological polar surface area (TPSA) is 86.1 Å². The first-order valence-corrected chi connectivity index (χ1v) is 5.19. The van der Waals surface area contributed by atoms with Gasteiger partial charge in [-0.3, -0.25) is 9.48 Å². The number of hydrogen-bond acceptors (Lipinski definition) is 4. The lowest BCUT2D eigenvalue weighted by Gasteiger charge is -2.09. The van der Waals surface area contributed by atoms with E-state index in [9.17, 15) is 4.79 Å². The molecule has 6 heteroatoms. The molecule has 0 aliphatic heterocycles. The number of nitrogens with zero attached hydrogens (tertiary/aromatic N) is 2. The molecule has 2 aromatic heterocycles. The highest BCUT2D eigenvalue weighted by atomic mass is 16.3. The van der Waals surface area contributed by atoms with Gasteiger partial charge in [0.25, 0.3) is 0 Å². The molecule has 1 atom stereocenters. The van der Waals surface area contributed by atoms with Crippen LogP contribution < -0.4 is 11.1 Å². The smallest absolute Gasteiger partial charge is 0.241 e. The van der Waals surface area contributed by atoms with Crippen molar-refractivity contribution in [3.8, 4) is 0 Å². The molecule has 0 spiro atoms. The van der Waals surface area contributed by atoms with Gasteiger partial charge in [0.1, 0.15) is 6.04 Å². The third-order valence-corrected chi connectivity index (χ3v) is 2.41. The summed E-state index contributed by atoms with van der Waals surface area (Å²) < 4.78 is 6.51. The fraction of sp³-hybridized carbons (Fsp3) is 0.273. The van der Waals surface area contributed by atoms with Gasteiger partial charge in [0.05, 0.1) is 18.7 Å². The SMILES string of the molecule is Cn1cc(C(N)C(=O)NCc2ccoc2)cn1. The van der Waals surface area contributed by atoms with Crippen molar-refractivity contribution in [1.82, 2.24) is 15.1 Å². The normalized spacial score (nSPS) is 12.4. The van der Waals surface area contributed by atoms with Gasteiger partial charge in [-0.15, -0.1) is 0 Å². The minimum atomic E-state index is -0.699. The number of carbonyl (C=O) groups excluding carboxylic acids is 1. The number of furan rings is 1. The summed E-state index contributed by atoms with van der Waals surface area (Å²) in [6, 6.07) is 1.09. The Kier molecular flexibility index (Phi) is 3.24. The van der Waals surface area contributed by atoms with Crippen molar-refractivity contribution in [2.45, 2.75) is 12.6 Å². The molecular weight excluding hydrogens is 220 g/mol. The van der Waals surface area contributed by atoms with Crippen molar-refractivity contribution >= 4 is 5.91 Å². The Balaban J connectivity index is 1.91. The van der Waals surface area contributed by atoms with E-state index in [0.29, 0.717) is 12.1 Å². The van der Waals surface area contributed by atoms with Crippen molar-refractivity contribution in [3.63, 3.8) is 0 Å². The molecule has 0 fully saturated rings. The summed E-state index contributed by atoms with van der Waals surface area (Å²) in [5, 5.41) is 6.70. The van der Waals surface area contributed by atoms with Crippen LogP contribution in [0.15, 0.2) is 35.4 Å². The zero-order chi connectivity index (χ0) is 12.3. The van der Waals surface area contributed by atoms with Gasteiger partial charge in [0.2, 0.25) is 5.91 Å². The highest BCUT2D eigenvalue weighted by Gasteiger charge is 2.16. The summed E-state index contributed by atoms with van der Waals surface area (Å²) in [5.74, 6) is -0.237. The molecule has 2 heterocycles. The van der Waals surface area contributed by atoms with Crippen molar-refractivity contribution in [1.29, 1.82) is 0 Å². The van der Waals surface area contributed by atoms with Gasteiger partial charge in [0.15, 0.2) is 0 Å². The Bertz CT molecular complexity index is 489. The van der Waals surface area contributed by atoms with E-state index in [0.717, 1.165) is 5.56 Å². The summed E-state index contributed by atoms with van der Waals surface area (Å²) in [7, 11) is 1.78. The highest BCUT2D eigenvalue weighted by molar-refractivity contribution is 5.82. The number of hydrogen-bond donors (Lipinski definition) is 2. The summed E-state index contributed by atoms with van der Waals surface area (Å²) >= 11 is 0. The molecule has 0 aliphatic rings. The average Bonchev–Trinajstić information content (AvgIpc) is 2.95. The van der Waals surface area contributed by atoms with Crippen LogP contribution in [0.3, 0.4) is 0 Å². The van der Waals surface area contributed by atoms with Gasteiger partial charge in [-0.05, 0) is 6.07 Å². The lowest BCUT2D eigenvalue weighted by atomic mass is 10.1. The maximum Gasteiger partial charge on any atom is 0.241 e. The van der Waals surface area contributed by atoms with Crippen molar-refractivity contribution in [3.05, 3.63) is 42.1 Å². The van der Waals surface area contributed by atoms with E-state index in [1.54, 1.807) is 42.7 Å². The Morgan fingerprint density at radius 2 is 2.53 bits per heavy atom. The van der Waals surface area contributed by atoms with Crippen molar-refractivity contribution < 1.29 is 9.21 Å². The quantitative estimate of drug-likeness (QED) is 0.798. The molecule has 2 rings (SSSR count). The summed E-state index contributed by atoms with van der Waals surface area (Å²) in [4.78, 5) is 11.7. The first-order valence-electron chi connectivity index (χ1n) is 5.19. The molecule has 2 aromatic rings. The monoisotopic (exact) mass is 234 g/mol. The molecule has 90 valence electrons. The summed E-state index contributed by atoms with van der Waals surface area (Å²) in [5.41, 5.74) is 7.39. The Morgan fingerprint density at radius 1 is 1.71 bits per heavy atom. The number of nitrogens with one attached hydrogen (secondary N) is 1. The zero-order valence-electron chi connectivity index (χ0n) is 9.46. The molecule has 0 saturated heterocycles. The van der Waals surface area contributed by atoms with Crippen LogP contribution in [-0.2, 0) is 18.4 Å². The van der Waals surface area contributed by atoms with Crippen LogP contribution in [-0.4, -0.2) is 15.7 Å². The van der Waals surface area contributed by atoms with Gasteiger partial charge in [-0.2, -0.15) is 5.10 Å². The summed E-state index contributed by atoms with van der Waals surface area (Å²) in [6.07, 6.45) is 6.45. The molecule has 0 bridgehead atoms. The molecule has 0 radical (unpaired) electrons. The van der Waals surface area contributed by atoms with Crippen molar-refractivity contribution in [2.75, 3.05) is 0 Å². The number of aromatic nitrogens is 2. The molecule has 6 nitrogen and oxygen atoms in total. The first kappa shape index (κ1) is 11.4. The van der Waals surface area contributed by atoms with E-state index in [1.165, 1.54) is 0 Å². The number of rotatable bonds is 4. The van der Waals surface area contributed by atoms with Gasteiger partial charge < -0.3 is 15.5 Å². The van der Waals surface area contributed by atoms with E-state index >= 15 is 0 Å². The Morgan fingerprint density at radius 3 is 3.12 bits per heavy atom. The lowest BCUT2D eigenvalue weighted by molar-refractivity contribution is -0.122. The van der Waals surface area contributed by atoms with E-state index < -0.39 is 6.04 Å². The fourth-order valence-corrected chi connectivity index (χ4v) is 1.44. The second-order valence-corrected chi connectivity index (χ2v) is 3.77. The lowest BCUT2D eigenvalue weighted by Crippen LogP contribution is -2.33. The molecule has 0 saturated carbocycles. The average molecular weight is 234 g/mol. The Labute approximate surface area is 98.4 Å². The van der Waals surface area contributed by atoms with E-state index in [1.807, 2.05) is 0 Å². The first-order chi connectivity index (χ1) is 8.16. The molecule has 17 heavy (non-hydrogen) atoms. The van der Waals surface area contributed by atoms with Gasteiger partial charge in [0, 0.05) is 30.9 Å². The second-order valence-electron chi connectivity index (χ2n) is 3.77. The van der Waals surface area contributed by atoms with Crippen LogP contribution in [0.2, 0.25) is 0 Å². The zero-order valence-corrected chi connectivity index (χ0v) is 9.46. The standard InChI is InChI=1S/C11H14N4O2/c1-15-6-9(5-14-15)10(12)11(16)13-4-8-2-3-17-7-8/h2-3,5-7,10H,4,12H2,1H3,(H,13,16). The maximum absolute atomic E-state index is 11.7. The van der Waals surface area contributed by atoms with Crippen LogP contribution in [0.1, 0.15) is 17.2 Å². The largest absolute Gasteiger partial charge is 0.472 e. The number of aryl methyl sites for hydroxylation is 1. The van der Waals surface area contributed by atoms with Gasteiger partial charge in [-0.25, -0.2) is 0 Å². The fourth-order valence-electron chi connectivity index (χ4n) is 1.44. The van der Waals surface area contributed by atoms with Crippen LogP contribution in [0.4, 0.5) is 0 Å². The summed E-state index contributed by atoms with van der Waals surface area (Å²) in [6.45, 7) is 0.406. The minimum absolute atomic E-state index is 0.237. The molecular formula is C11H14N4O2. The Hall–Kier alpha value is -2.08. The minimum Gasteiger partial charge on any atom is -0.472 e. The third-order valence-electron chi connectivity index (χ3n) is 2.41. The van der Waals surface area contributed by atoms with E-state index in [2.05, 4.69) is 10.4 Å². The molecule has 0 aromatic carbocycles. The highest BCUT2D eigenvalue weighted by Crippen LogP contribution is 2.08. The van der Waals surface area contributed by atoms with Crippen LogP contribution in [0.5, 0.6) is 0 Å². The number of amides is 1. The predicted molar refractivity (Wildman–Crippen MR) is 60.7 cm³/mol. The van der Waals surface area contributed by atoms with Crippen LogP contribution >= 0.6 is 0 Å². The van der Waals surface area contributed by atoms with Gasteiger partial charge >= 0.3 is 0 Å². The van der Waals surface area contributed by atoms with Crippen LogP contribution in [0.25, 0.3) is 0 Å². The number of carbonyl (C=O) groups is 1. The third kappa shape index (κ3) is 2.73. The molecule has 3 N–H and O–H groups in total. The number of nitrogens with two attached hydrogens (primary N) is 1. The van der Waals surface area contributed by atoms with E-state index in [-0.39, 0.29) is 5.91 Å². The molecule has 1 amide bonds. The van der Waals surface area contributed by atoms with Gasteiger partial charge in [-0.1, -0.05) is 0 Å².